The van der Waals surface area contributed by atoms with Crippen LogP contribution in [0.1, 0.15) is 31.5 Å². The van der Waals surface area contributed by atoms with Crippen molar-refractivity contribution in [2.45, 2.75) is 37.6 Å². The van der Waals surface area contributed by atoms with Crippen molar-refractivity contribution in [2.24, 2.45) is 5.73 Å². The minimum atomic E-state index is -0.240. The molecule has 3 N–H and O–H groups in total. The van der Waals surface area contributed by atoms with E-state index in [2.05, 4.69) is 9.97 Å². The zero-order valence-corrected chi connectivity index (χ0v) is 9.67. The zero-order valence-electron chi connectivity index (χ0n) is 9.67. The third kappa shape index (κ3) is 2.05. The Morgan fingerprint density at radius 2 is 2.12 bits per heavy atom. The van der Waals surface area contributed by atoms with Gasteiger partial charge in [-0.05, 0) is 31.0 Å². The van der Waals surface area contributed by atoms with Gasteiger partial charge in [-0.25, -0.2) is 9.37 Å². The van der Waals surface area contributed by atoms with E-state index in [1.165, 1.54) is 25.0 Å². The summed E-state index contributed by atoms with van der Waals surface area (Å²) in [6, 6.07) is 4.60. The molecule has 1 aromatic carbocycles. The second-order valence-electron chi connectivity index (χ2n) is 5.09. The van der Waals surface area contributed by atoms with E-state index in [1.807, 2.05) is 0 Å². The Morgan fingerprint density at radius 3 is 2.88 bits per heavy atom. The molecule has 0 spiro atoms. The first-order chi connectivity index (χ1) is 8.15. The van der Waals surface area contributed by atoms with Crippen LogP contribution in [0.5, 0.6) is 0 Å². The highest BCUT2D eigenvalue weighted by atomic mass is 19.1. The van der Waals surface area contributed by atoms with Gasteiger partial charge in [-0.15, -0.1) is 0 Å². The van der Waals surface area contributed by atoms with Crippen LogP contribution >= 0.6 is 0 Å². The molecule has 0 aliphatic heterocycles. The van der Waals surface area contributed by atoms with E-state index < -0.39 is 0 Å². The Hall–Kier alpha value is -1.42. The largest absolute Gasteiger partial charge is 0.342 e. The summed E-state index contributed by atoms with van der Waals surface area (Å²) < 4.78 is 13.1. The third-order valence-electron chi connectivity index (χ3n) is 3.61. The lowest BCUT2D eigenvalue weighted by Gasteiger charge is -2.21. The van der Waals surface area contributed by atoms with Crippen molar-refractivity contribution in [2.75, 3.05) is 0 Å². The molecule has 1 aliphatic carbocycles. The quantitative estimate of drug-likeness (QED) is 0.837. The number of halogens is 1. The van der Waals surface area contributed by atoms with Crippen LogP contribution in [0.2, 0.25) is 0 Å². The lowest BCUT2D eigenvalue weighted by atomic mass is 9.94. The monoisotopic (exact) mass is 233 g/mol. The number of H-pyrrole nitrogens is 1. The van der Waals surface area contributed by atoms with Crippen molar-refractivity contribution in [3.63, 3.8) is 0 Å². The van der Waals surface area contributed by atoms with Crippen molar-refractivity contribution in [3.05, 3.63) is 29.8 Å². The maximum atomic E-state index is 13.1. The molecular formula is C13H16FN3. The lowest BCUT2D eigenvalue weighted by molar-refractivity contribution is 0.428. The molecule has 0 bridgehead atoms. The predicted octanol–water partition coefficient (Wildman–Crippen LogP) is 2.52. The molecule has 1 aromatic heterocycles. The van der Waals surface area contributed by atoms with E-state index in [9.17, 15) is 4.39 Å². The number of hydrogen-bond donors (Lipinski definition) is 2. The maximum Gasteiger partial charge on any atom is 0.125 e. The molecule has 0 atom stereocenters. The number of aromatic nitrogens is 2. The van der Waals surface area contributed by atoms with E-state index in [1.54, 1.807) is 6.07 Å². The Bertz CT molecular complexity index is 541. The fourth-order valence-corrected chi connectivity index (χ4v) is 2.71. The number of fused-ring (bicyclic) bond motifs is 1. The van der Waals surface area contributed by atoms with Crippen LogP contribution in [-0.4, -0.2) is 15.5 Å². The first-order valence-corrected chi connectivity index (χ1v) is 6.08. The van der Waals surface area contributed by atoms with E-state index in [0.717, 1.165) is 36.1 Å². The Kier molecular flexibility index (Phi) is 2.40. The number of hydrogen-bond acceptors (Lipinski definition) is 2. The maximum absolute atomic E-state index is 13.1. The van der Waals surface area contributed by atoms with E-state index >= 15 is 0 Å². The highest BCUT2D eigenvalue weighted by Crippen LogP contribution is 2.30. The minimum Gasteiger partial charge on any atom is -0.342 e. The van der Waals surface area contributed by atoms with Crippen LogP contribution in [0.25, 0.3) is 11.0 Å². The number of nitrogens with two attached hydrogens (primary N) is 1. The smallest absolute Gasteiger partial charge is 0.125 e. The van der Waals surface area contributed by atoms with Gasteiger partial charge >= 0.3 is 0 Å². The van der Waals surface area contributed by atoms with Gasteiger partial charge in [-0.3, -0.25) is 0 Å². The summed E-state index contributed by atoms with van der Waals surface area (Å²) >= 11 is 0. The van der Waals surface area contributed by atoms with Crippen molar-refractivity contribution in [1.29, 1.82) is 0 Å². The SMILES string of the molecule is NC1(Cc2nc3ccc(F)cc3[nH]2)CCCC1. The van der Waals surface area contributed by atoms with Crippen LogP contribution in [0, 0.1) is 5.82 Å². The van der Waals surface area contributed by atoms with Crippen LogP contribution in [0.4, 0.5) is 4.39 Å². The van der Waals surface area contributed by atoms with Gasteiger partial charge in [0.1, 0.15) is 11.6 Å². The minimum absolute atomic E-state index is 0.119. The molecule has 3 rings (SSSR count). The Morgan fingerprint density at radius 1 is 1.35 bits per heavy atom. The fourth-order valence-electron chi connectivity index (χ4n) is 2.71. The van der Waals surface area contributed by atoms with Gasteiger partial charge in [-0.2, -0.15) is 0 Å². The third-order valence-corrected chi connectivity index (χ3v) is 3.61. The molecule has 17 heavy (non-hydrogen) atoms. The zero-order chi connectivity index (χ0) is 11.9. The fraction of sp³-hybridized carbons (Fsp3) is 0.462. The summed E-state index contributed by atoms with van der Waals surface area (Å²) in [6.45, 7) is 0. The molecule has 90 valence electrons. The summed E-state index contributed by atoms with van der Waals surface area (Å²) in [5.41, 5.74) is 7.75. The highest BCUT2D eigenvalue weighted by molar-refractivity contribution is 5.74. The van der Waals surface area contributed by atoms with Crippen molar-refractivity contribution < 1.29 is 4.39 Å². The van der Waals surface area contributed by atoms with Gasteiger partial charge in [0.05, 0.1) is 11.0 Å². The number of nitrogens with zero attached hydrogens (tertiary/aromatic N) is 1. The average molecular weight is 233 g/mol. The van der Waals surface area contributed by atoms with E-state index in [-0.39, 0.29) is 11.4 Å². The standard InChI is InChI=1S/C13H16FN3/c14-9-3-4-10-11(7-9)17-12(16-10)8-13(15)5-1-2-6-13/h3-4,7H,1-2,5-6,8,15H2,(H,16,17). The first kappa shape index (κ1) is 10.7. The van der Waals surface area contributed by atoms with Crippen molar-refractivity contribution in [3.8, 4) is 0 Å². The molecule has 0 radical (unpaired) electrons. The molecule has 1 aliphatic rings. The molecule has 0 amide bonds. The van der Waals surface area contributed by atoms with Gasteiger partial charge in [0, 0.05) is 12.0 Å². The molecule has 0 unspecified atom stereocenters. The lowest BCUT2D eigenvalue weighted by Crippen LogP contribution is -2.39. The number of benzene rings is 1. The number of aromatic amines is 1. The topological polar surface area (TPSA) is 54.7 Å². The molecule has 0 saturated heterocycles. The van der Waals surface area contributed by atoms with E-state index in [4.69, 9.17) is 5.73 Å². The number of nitrogens with one attached hydrogen (secondary N) is 1. The summed E-state index contributed by atoms with van der Waals surface area (Å²) in [5.74, 6) is 0.631. The Balaban J connectivity index is 1.90. The van der Waals surface area contributed by atoms with Crippen LogP contribution < -0.4 is 5.73 Å². The Labute approximate surface area is 99.2 Å². The van der Waals surface area contributed by atoms with Gasteiger partial charge < -0.3 is 10.7 Å². The normalized spacial score (nSPS) is 18.9. The van der Waals surface area contributed by atoms with E-state index in [0.29, 0.717) is 0 Å². The van der Waals surface area contributed by atoms with Crippen LogP contribution in [-0.2, 0) is 6.42 Å². The second-order valence-corrected chi connectivity index (χ2v) is 5.09. The average Bonchev–Trinajstić information content (AvgIpc) is 2.84. The van der Waals surface area contributed by atoms with Crippen molar-refractivity contribution in [1.82, 2.24) is 9.97 Å². The molecule has 2 aromatic rings. The first-order valence-electron chi connectivity index (χ1n) is 6.08. The molecule has 1 saturated carbocycles. The number of rotatable bonds is 2. The van der Waals surface area contributed by atoms with Crippen LogP contribution in [0.15, 0.2) is 18.2 Å². The molecule has 1 heterocycles. The summed E-state index contributed by atoms with van der Waals surface area (Å²) in [6.07, 6.45) is 5.26. The highest BCUT2D eigenvalue weighted by Gasteiger charge is 2.30. The van der Waals surface area contributed by atoms with Crippen LogP contribution in [0.3, 0.4) is 0 Å². The second kappa shape index (κ2) is 3.81. The van der Waals surface area contributed by atoms with Gasteiger partial charge in [0.15, 0.2) is 0 Å². The molecule has 1 fully saturated rings. The number of imidazole rings is 1. The van der Waals surface area contributed by atoms with Gasteiger partial charge in [0.2, 0.25) is 0 Å². The molecular weight excluding hydrogens is 217 g/mol. The predicted molar refractivity (Wildman–Crippen MR) is 65.1 cm³/mol. The van der Waals surface area contributed by atoms with Gasteiger partial charge in [-0.1, -0.05) is 12.8 Å². The summed E-state index contributed by atoms with van der Waals surface area (Å²) in [4.78, 5) is 7.62. The van der Waals surface area contributed by atoms with Crippen molar-refractivity contribution >= 4 is 11.0 Å². The summed E-state index contributed by atoms with van der Waals surface area (Å²) in [7, 11) is 0. The molecule has 4 heteroatoms. The summed E-state index contributed by atoms with van der Waals surface area (Å²) in [5, 5.41) is 0. The molecule has 3 nitrogen and oxygen atoms in total. The van der Waals surface area contributed by atoms with Gasteiger partial charge in [0.25, 0.3) is 0 Å².